The highest BCUT2D eigenvalue weighted by atomic mass is 16.5. The number of imidazole rings is 1. The molecule has 1 aromatic carbocycles. The van der Waals surface area contributed by atoms with Gasteiger partial charge in [0, 0.05) is 29.6 Å². The van der Waals surface area contributed by atoms with Gasteiger partial charge in [0.25, 0.3) is 5.91 Å². The minimum atomic E-state index is -0.310. The highest BCUT2D eigenvalue weighted by Gasteiger charge is 2.11. The molecule has 0 aliphatic carbocycles. The summed E-state index contributed by atoms with van der Waals surface area (Å²) >= 11 is 0. The first-order valence-corrected chi connectivity index (χ1v) is 8.63. The molecule has 0 atom stereocenters. The molecule has 0 radical (unpaired) electrons. The Hall–Kier alpha value is -3.94. The van der Waals surface area contributed by atoms with Gasteiger partial charge in [-0.1, -0.05) is 6.07 Å². The van der Waals surface area contributed by atoms with Crippen LogP contribution < -0.4 is 15.7 Å². The third kappa shape index (κ3) is 3.75. The SMILES string of the molecule is Cc1ccc(Oc2ncccc2CNC(=O)c2ccc3[nH]c(=O)[nH]c3c2)cn1. The van der Waals surface area contributed by atoms with Gasteiger partial charge < -0.3 is 20.0 Å². The summed E-state index contributed by atoms with van der Waals surface area (Å²) in [6, 6.07) is 12.2. The number of amides is 1. The number of aryl methyl sites for hydroxylation is 1. The second-order valence-electron chi connectivity index (χ2n) is 6.23. The van der Waals surface area contributed by atoms with Gasteiger partial charge in [-0.15, -0.1) is 0 Å². The van der Waals surface area contributed by atoms with Crippen molar-refractivity contribution in [1.29, 1.82) is 0 Å². The first kappa shape index (κ1) is 17.5. The molecule has 4 rings (SSSR count). The lowest BCUT2D eigenvalue weighted by Gasteiger charge is -2.11. The van der Waals surface area contributed by atoms with Crippen LogP contribution in [0.25, 0.3) is 11.0 Å². The number of pyridine rings is 2. The average Bonchev–Trinajstić information content (AvgIpc) is 3.08. The van der Waals surface area contributed by atoms with Crippen molar-refractivity contribution < 1.29 is 9.53 Å². The maximum absolute atomic E-state index is 12.5. The predicted molar refractivity (Wildman–Crippen MR) is 103 cm³/mol. The molecular weight excluding hydrogens is 358 g/mol. The van der Waals surface area contributed by atoms with Crippen LogP contribution in [0.1, 0.15) is 21.6 Å². The molecule has 0 fully saturated rings. The quantitative estimate of drug-likeness (QED) is 0.496. The summed E-state index contributed by atoms with van der Waals surface area (Å²) in [6.07, 6.45) is 3.25. The topological polar surface area (TPSA) is 113 Å². The van der Waals surface area contributed by atoms with Crippen molar-refractivity contribution in [3.05, 3.63) is 82.2 Å². The highest BCUT2D eigenvalue weighted by Crippen LogP contribution is 2.22. The predicted octanol–water partition coefficient (Wildman–Crippen LogP) is 2.68. The molecule has 0 unspecified atom stereocenters. The molecule has 8 nitrogen and oxygen atoms in total. The fraction of sp³-hybridized carbons (Fsp3) is 0.100. The maximum atomic E-state index is 12.5. The van der Waals surface area contributed by atoms with E-state index in [1.165, 1.54) is 0 Å². The van der Waals surface area contributed by atoms with E-state index in [1.807, 2.05) is 25.1 Å². The van der Waals surface area contributed by atoms with Crippen LogP contribution in [0.3, 0.4) is 0 Å². The van der Waals surface area contributed by atoms with E-state index in [0.717, 1.165) is 11.3 Å². The number of benzene rings is 1. The number of H-pyrrole nitrogens is 2. The smallest absolute Gasteiger partial charge is 0.323 e. The van der Waals surface area contributed by atoms with Crippen LogP contribution >= 0.6 is 0 Å². The largest absolute Gasteiger partial charge is 0.437 e. The number of aromatic nitrogens is 4. The van der Waals surface area contributed by atoms with Gasteiger partial charge in [-0.2, -0.15) is 0 Å². The highest BCUT2D eigenvalue weighted by molar-refractivity contribution is 5.97. The summed E-state index contributed by atoms with van der Waals surface area (Å²) in [5.41, 5.74) is 2.98. The van der Waals surface area contributed by atoms with Gasteiger partial charge in [-0.05, 0) is 43.3 Å². The minimum absolute atomic E-state index is 0.239. The molecular formula is C20H17N5O3. The van der Waals surface area contributed by atoms with E-state index >= 15 is 0 Å². The standard InChI is InChI=1S/C20H17N5O3/c1-12-4-6-15(11-22-12)28-19-14(3-2-8-21-19)10-23-18(26)13-5-7-16-17(9-13)25-20(27)24-16/h2-9,11H,10H2,1H3,(H,23,26)(H2,24,25,27). The number of carbonyl (C=O) groups excluding carboxylic acids is 1. The van der Waals surface area contributed by atoms with Crippen molar-refractivity contribution in [2.45, 2.75) is 13.5 Å². The Bertz CT molecular complexity index is 1190. The molecule has 28 heavy (non-hydrogen) atoms. The fourth-order valence-corrected chi connectivity index (χ4v) is 2.73. The number of aromatic amines is 2. The Kier molecular flexibility index (Phi) is 4.59. The first-order chi connectivity index (χ1) is 13.6. The monoisotopic (exact) mass is 375 g/mol. The molecule has 1 amide bonds. The van der Waals surface area contributed by atoms with E-state index in [-0.39, 0.29) is 18.1 Å². The summed E-state index contributed by atoms with van der Waals surface area (Å²) in [6.45, 7) is 2.13. The molecule has 0 bridgehead atoms. The Balaban J connectivity index is 1.48. The number of carbonyl (C=O) groups is 1. The van der Waals surface area contributed by atoms with Crippen molar-refractivity contribution >= 4 is 16.9 Å². The Morgan fingerprint density at radius 2 is 1.96 bits per heavy atom. The minimum Gasteiger partial charge on any atom is -0.437 e. The van der Waals surface area contributed by atoms with Crippen LogP contribution in [0.15, 0.2) is 59.7 Å². The normalized spacial score (nSPS) is 10.8. The molecule has 0 aliphatic rings. The van der Waals surface area contributed by atoms with Crippen molar-refractivity contribution in [1.82, 2.24) is 25.3 Å². The fourth-order valence-electron chi connectivity index (χ4n) is 2.73. The van der Waals surface area contributed by atoms with Crippen LogP contribution in [0.2, 0.25) is 0 Å². The second kappa shape index (κ2) is 7.36. The molecule has 3 aromatic heterocycles. The summed E-state index contributed by atoms with van der Waals surface area (Å²) in [4.78, 5) is 37.6. The number of nitrogens with zero attached hydrogens (tertiary/aromatic N) is 2. The van der Waals surface area contributed by atoms with E-state index in [0.29, 0.717) is 28.2 Å². The molecule has 8 heteroatoms. The molecule has 4 aromatic rings. The zero-order chi connectivity index (χ0) is 19.5. The third-order valence-electron chi connectivity index (χ3n) is 4.17. The second-order valence-corrected chi connectivity index (χ2v) is 6.23. The maximum Gasteiger partial charge on any atom is 0.323 e. The van der Waals surface area contributed by atoms with E-state index < -0.39 is 0 Å². The lowest BCUT2D eigenvalue weighted by atomic mass is 10.2. The first-order valence-electron chi connectivity index (χ1n) is 8.63. The molecule has 3 heterocycles. The van der Waals surface area contributed by atoms with Crippen LogP contribution in [0.4, 0.5) is 0 Å². The Labute approximate surface area is 159 Å². The number of hydrogen-bond acceptors (Lipinski definition) is 5. The van der Waals surface area contributed by atoms with Crippen LogP contribution in [-0.4, -0.2) is 25.8 Å². The summed E-state index contributed by atoms with van der Waals surface area (Å²) in [5, 5.41) is 2.85. The lowest BCUT2D eigenvalue weighted by Crippen LogP contribution is -2.23. The van der Waals surface area contributed by atoms with Crippen molar-refractivity contribution in [2.75, 3.05) is 0 Å². The van der Waals surface area contributed by atoms with Gasteiger partial charge in [0.15, 0.2) is 0 Å². The number of rotatable bonds is 5. The van der Waals surface area contributed by atoms with E-state index in [4.69, 9.17) is 4.74 Å². The number of ether oxygens (including phenoxy) is 1. The molecule has 0 saturated carbocycles. The van der Waals surface area contributed by atoms with Crippen molar-refractivity contribution in [3.8, 4) is 11.6 Å². The van der Waals surface area contributed by atoms with E-state index in [2.05, 4.69) is 25.3 Å². The molecule has 0 spiro atoms. The summed E-state index contributed by atoms with van der Waals surface area (Å²) in [5.74, 6) is 0.702. The third-order valence-corrected chi connectivity index (χ3v) is 4.17. The van der Waals surface area contributed by atoms with Crippen LogP contribution in [0, 0.1) is 6.92 Å². The summed E-state index contributed by atoms with van der Waals surface area (Å²) in [7, 11) is 0. The van der Waals surface area contributed by atoms with Gasteiger partial charge in [0.2, 0.25) is 5.88 Å². The number of hydrogen-bond donors (Lipinski definition) is 3. The summed E-state index contributed by atoms with van der Waals surface area (Å²) < 4.78 is 5.79. The molecule has 140 valence electrons. The zero-order valence-electron chi connectivity index (χ0n) is 15.0. The van der Waals surface area contributed by atoms with Crippen molar-refractivity contribution in [3.63, 3.8) is 0 Å². The van der Waals surface area contributed by atoms with Gasteiger partial charge in [0.05, 0.1) is 17.2 Å². The lowest BCUT2D eigenvalue weighted by molar-refractivity contribution is 0.0951. The van der Waals surface area contributed by atoms with E-state index in [1.54, 1.807) is 36.7 Å². The Morgan fingerprint density at radius 3 is 2.79 bits per heavy atom. The number of nitrogens with one attached hydrogen (secondary N) is 3. The number of fused-ring (bicyclic) bond motifs is 1. The van der Waals surface area contributed by atoms with Crippen LogP contribution in [-0.2, 0) is 6.54 Å². The molecule has 0 saturated heterocycles. The average molecular weight is 375 g/mol. The van der Waals surface area contributed by atoms with Crippen molar-refractivity contribution in [2.24, 2.45) is 0 Å². The zero-order valence-corrected chi connectivity index (χ0v) is 15.0. The van der Waals surface area contributed by atoms with Gasteiger partial charge in [-0.3, -0.25) is 9.78 Å². The molecule has 3 N–H and O–H groups in total. The van der Waals surface area contributed by atoms with Gasteiger partial charge in [-0.25, -0.2) is 9.78 Å². The van der Waals surface area contributed by atoms with Gasteiger partial charge in [0.1, 0.15) is 5.75 Å². The molecule has 0 aliphatic heterocycles. The van der Waals surface area contributed by atoms with Gasteiger partial charge >= 0.3 is 5.69 Å². The van der Waals surface area contributed by atoms with Crippen LogP contribution in [0.5, 0.6) is 11.6 Å². The van der Waals surface area contributed by atoms with E-state index in [9.17, 15) is 9.59 Å². The Morgan fingerprint density at radius 1 is 1.11 bits per heavy atom.